The van der Waals surface area contributed by atoms with Gasteiger partial charge in [0.15, 0.2) is 0 Å². The zero-order valence-electron chi connectivity index (χ0n) is 12.0. The second kappa shape index (κ2) is 7.94. The lowest BCUT2D eigenvalue weighted by atomic mass is 10.2. The summed E-state index contributed by atoms with van der Waals surface area (Å²) >= 11 is 7.91. The van der Waals surface area contributed by atoms with Crippen LogP contribution in [0, 0.1) is 17.0 Å². The number of carbonyl (C=O) groups is 1. The summed E-state index contributed by atoms with van der Waals surface area (Å²) in [5, 5.41) is 13.5. The Morgan fingerprint density at radius 1 is 1.22 bits per heavy atom. The van der Waals surface area contributed by atoms with Crippen LogP contribution in [0.5, 0.6) is 0 Å². The number of halogens is 2. The first-order chi connectivity index (χ1) is 10.9. The van der Waals surface area contributed by atoms with Gasteiger partial charge in [-0.15, -0.1) is 11.8 Å². The number of carbonyl (C=O) groups excluding carboxylic acids is 1. The summed E-state index contributed by atoms with van der Waals surface area (Å²) in [4.78, 5) is 23.4. The van der Waals surface area contributed by atoms with E-state index in [2.05, 4.69) is 37.2 Å². The average Bonchev–Trinajstić information content (AvgIpc) is 2.50. The molecule has 0 heterocycles. The smallest absolute Gasteiger partial charge is 0.271 e. The molecular formula is C15H12Br2N2O3S. The number of nitro benzene ring substituents is 1. The molecule has 0 bridgehead atoms. The van der Waals surface area contributed by atoms with E-state index in [4.69, 9.17) is 0 Å². The number of aryl methyl sites for hydroxylation is 1. The van der Waals surface area contributed by atoms with Gasteiger partial charge in [0.25, 0.3) is 5.69 Å². The SMILES string of the molecule is Cc1ccc(SCC(=O)Nc2c(Br)cc([N+](=O)[O-])cc2Br)cc1. The molecule has 2 aromatic rings. The fourth-order valence-electron chi connectivity index (χ4n) is 1.74. The summed E-state index contributed by atoms with van der Waals surface area (Å²) < 4.78 is 0.902. The van der Waals surface area contributed by atoms with Gasteiger partial charge in [-0.05, 0) is 50.9 Å². The van der Waals surface area contributed by atoms with Crippen molar-refractivity contribution in [3.05, 3.63) is 61.0 Å². The van der Waals surface area contributed by atoms with E-state index >= 15 is 0 Å². The van der Waals surface area contributed by atoms with Gasteiger partial charge in [-0.2, -0.15) is 0 Å². The van der Waals surface area contributed by atoms with Crippen LogP contribution < -0.4 is 5.32 Å². The van der Waals surface area contributed by atoms with E-state index in [-0.39, 0.29) is 17.3 Å². The number of benzene rings is 2. The molecule has 0 aliphatic heterocycles. The number of nitrogens with zero attached hydrogens (tertiary/aromatic N) is 1. The standard InChI is InChI=1S/C15H12Br2N2O3S/c1-9-2-4-11(5-3-9)23-8-14(20)18-15-12(16)6-10(19(21)22)7-13(15)17/h2-7H,8H2,1H3,(H,18,20). The van der Waals surface area contributed by atoms with E-state index in [1.54, 1.807) is 0 Å². The molecule has 0 radical (unpaired) electrons. The summed E-state index contributed by atoms with van der Waals surface area (Å²) in [6, 6.07) is 10.6. The van der Waals surface area contributed by atoms with Gasteiger partial charge < -0.3 is 5.32 Å². The predicted molar refractivity (Wildman–Crippen MR) is 99.0 cm³/mol. The lowest BCUT2D eigenvalue weighted by Gasteiger charge is -2.09. The van der Waals surface area contributed by atoms with Gasteiger partial charge in [-0.1, -0.05) is 17.7 Å². The van der Waals surface area contributed by atoms with Crippen molar-refractivity contribution in [1.82, 2.24) is 0 Å². The lowest BCUT2D eigenvalue weighted by molar-refractivity contribution is -0.385. The molecule has 23 heavy (non-hydrogen) atoms. The molecular weight excluding hydrogens is 448 g/mol. The number of nitrogens with one attached hydrogen (secondary N) is 1. The zero-order chi connectivity index (χ0) is 17.0. The third-order valence-corrected chi connectivity index (χ3v) is 5.16. The van der Waals surface area contributed by atoms with Crippen molar-refractivity contribution in [2.75, 3.05) is 11.1 Å². The van der Waals surface area contributed by atoms with Gasteiger partial charge in [0, 0.05) is 26.0 Å². The molecule has 0 saturated heterocycles. The van der Waals surface area contributed by atoms with Crippen molar-refractivity contribution < 1.29 is 9.72 Å². The minimum atomic E-state index is -0.492. The lowest BCUT2D eigenvalue weighted by Crippen LogP contribution is -2.15. The second-order valence-corrected chi connectivity index (χ2v) is 7.45. The minimum absolute atomic E-state index is 0.0595. The van der Waals surface area contributed by atoms with E-state index in [1.807, 2.05) is 31.2 Å². The number of rotatable bonds is 5. The summed E-state index contributed by atoms with van der Waals surface area (Å²) in [5.74, 6) is 0.0599. The summed E-state index contributed by atoms with van der Waals surface area (Å²) in [7, 11) is 0. The molecule has 0 atom stereocenters. The maximum absolute atomic E-state index is 12.1. The van der Waals surface area contributed by atoms with Crippen molar-refractivity contribution in [2.24, 2.45) is 0 Å². The van der Waals surface area contributed by atoms with E-state index < -0.39 is 4.92 Å². The second-order valence-electron chi connectivity index (χ2n) is 4.69. The molecule has 5 nitrogen and oxygen atoms in total. The van der Waals surface area contributed by atoms with E-state index in [0.717, 1.165) is 10.5 Å². The van der Waals surface area contributed by atoms with E-state index in [1.165, 1.54) is 23.9 Å². The summed E-state index contributed by atoms with van der Waals surface area (Å²) in [6.07, 6.45) is 0. The fourth-order valence-corrected chi connectivity index (χ4v) is 3.80. The van der Waals surface area contributed by atoms with Crippen LogP contribution in [0.2, 0.25) is 0 Å². The number of hydrogen-bond acceptors (Lipinski definition) is 4. The third kappa shape index (κ3) is 5.05. The number of non-ortho nitro benzene ring substituents is 1. The molecule has 0 aliphatic rings. The highest BCUT2D eigenvalue weighted by Gasteiger charge is 2.16. The van der Waals surface area contributed by atoms with Crippen LogP contribution in [0.15, 0.2) is 50.2 Å². The van der Waals surface area contributed by atoms with Crippen molar-refractivity contribution in [3.63, 3.8) is 0 Å². The topological polar surface area (TPSA) is 72.2 Å². The quantitative estimate of drug-likeness (QED) is 0.380. The van der Waals surface area contributed by atoms with Gasteiger partial charge in [0.2, 0.25) is 5.91 Å². The Hall–Kier alpha value is -1.38. The van der Waals surface area contributed by atoms with E-state index in [0.29, 0.717) is 14.6 Å². The van der Waals surface area contributed by atoms with Crippen molar-refractivity contribution in [2.45, 2.75) is 11.8 Å². The highest BCUT2D eigenvalue weighted by atomic mass is 79.9. The fraction of sp³-hybridized carbons (Fsp3) is 0.133. The number of hydrogen-bond donors (Lipinski definition) is 1. The van der Waals surface area contributed by atoms with Crippen LogP contribution in [0.1, 0.15) is 5.56 Å². The van der Waals surface area contributed by atoms with Crippen LogP contribution in [0.25, 0.3) is 0 Å². The maximum Gasteiger partial charge on any atom is 0.271 e. The Morgan fingerprint density at radius 2 is 1.78 bits per heavy atom. The Morgan fingerprint density at radius 3 is 2.30 bits per heavy atom. The highest BCUT2D eigenvalue weighted by Crippen LogP contribution is 2.35. The first kappa shape index (κ1) is 18.0. The number of anilines is 1. The van der Waals surface area contributed by atoms with E-state index in [9.17, 15) is 14.9 Å². The Labute approximate surface area is 154 Å². The first-order valence-electron chi connectivity index (χ1n) is 6.49. The predicted octanol–water partition coefficient (Wildman–Crippen LogP) is 5.16. The summed E-state index contributed by atoms with van der Waals surface area (Å²) in [6.45, 7) is 2.00. The molecule has 1 amide bonds. The number of nitro groups is 1. The summed E-state index contributed by atoms with van der Waals surface area (Å²) in [5.41, 5.74) is 1.58. The van der Waals surface area contributed by atoms with Crippen LogP contribution in [-0.4, -0.2) is 16.6 Å². The molecule has 0 spiro atoms. The number of amides is 1. The van der Waals surface area contributed by atoms with Gasteiger partial charge in [0.1, 0.15) is 0 Å². The van der Waals surface area contributed by atoms with Gasteiger partial charge in [0.05, 0.1) is 16.4 Å². The molecule has 0 saturated carbocycles. The minimum Gasteiger partial charge on any atom is -0.323 e. The molecule has 0 unspecified atom stereocenters. The van der Waals surface area contributed by atoms with Crippen molar-refractivity contribution in [3.8, 4) is 0 Å². The average molecular weight is 460 g/mol. The Kier molecular flexibility index (Phi) is 6.20. The van der Waals surface area contributed by atoms with Crippen LogP contribution in [-0.2, 0) is 4.79 Å². The van der Waals surface area contributed by atoms with Crippen molar-refractivity contribution >= 4 is 60.9 Å². The van der Waals surface area contributed by atoms with Crippen LogP contribution in [0.4, 0.5) is 11.4 Å². The molecule has 2 aromatic carbocycles. The normalized spacial score (nSPS) is 10.4. The Bertz CT molecular complexity index is 728. The van der Waals surface area contributed by atoms with Crippen LogP contribution >= 0.6 is 43.6 Å². The zero-order valence-corrected chi connectivity index (χ0v) is 16.0. The first-order valence-corrected chi connectivity index (χ1v) is 9.06. The van der Waals surface area contributed by atoms with Gasteiger partial charge >= 0.3 is 0 Å². The molecule has 0 aliphatic carbocycles. The molecule has 120 valence electrons. The molecule has 2 rings (SSSR count). The molecule has 0 fully saturated rings. The Balaban J connectivity index is 2.02. The van der Waals surface area contributed by atoms with Gasteiger partial charge in [-0.3, -0.25) is 14.9 Å². The largest absolute Gasteiger partial charge is 0.323 e. The monoisotopic (exact) mass is 458 g/mol. The number of thioether (sulfide) groups is 1. The molecule has 1 N–H and O–H groups in total. The van der Waals surface area contributed by atoms with Crippen LogP contribution in [0.3, 0.4) is 0 Å². The molecule has 0 aromatic heterocycles. The van der Waals surface area contributed by atoms with Crippen molar-refractivity contribution in [1.29, 1.82) is 0 Å². The molecule has 8 heteroatoms. The third-order valence-electron chi connectivity index (χ3n) is 2.89. The maximum atomic E-state index is 12.1. The highest BCUT2D eigenvalue weighted by molar-refractivity contribution is 9.11. The van der Waals surface area contributed by atoms with Gasteiger partial charge in [-0.25, -0.2) is 0 Å².